The number of rotatable bonds is 12. The fourth-order valence-corrected chi connectivity index (χ4v) is 6.20. The third kappa shape index (κ3) is 6.72. The van der Waals surface area contributed by atoms with E-state index in [0.29, 0.717) is 31.7 Å². The van der Waals surface area contributed by atoms with E-state index in [0.717, 1.165) is 24.8 Å². The van der Waals surface area contributed by atoms with Crippen molar-refractivity contribution >= 4 is 23.2 Å². The number of unbranched alkanes of at least 4 members (excludes halogenated alkanes) is 2. The predicted octanol–water partition coefficient (Wildman–Crippen LogP) is 6.44. The molecule has 1 unspecified atom stereocenters. The number of ether oxygens (including phenoxy) is 1. The van der Waals surface area contributed by atoms with Crippen molar-refractivity contribution in [2.24, 2.45) is 0 Å². The molecule has 0 saturated heterocycles. The minimum Gasteiger partial charge on any atom is -0.385 e. The number of aryl methyl sites for hydroxylation is 2. The summed E-state index contributed by atoms with van der Waals surface area (Å²) in [6, 6.07) is 18.2. The van der Waals surface area contributed by atoms with Crippen molar-refractivity contribution in [1.29, 1.82) is 0 Å². The number of nitrogens with zero attached hydrogens (tertiary/aromatic N) is 2. The molecule has 2 heterocycles. The molecule has 1 aromatic heterocycles. The topological polar surface area (TPSA) is 49.9 Å². The Balaban J connectivity index is 1.54. The molecule has 1 atom stereocenters. The first-order valence-corrected chi connectivity index (χ1v) is 14.7. The number of amides is 2. The maximum Gasteiger partial charge on any atom is 0.254 e. The molecule has 38 heavy (non-hydrogen) atoms. The van der Waals surface area contributed by atoms with Crippen LogP contribution in [0, 0.1) is 6.92 Å². The second-order valence-electron chi connectivity index (χ2n) is 10.1. The Kier molecular flexibility index (Phi) is 10.1. The van der Waals surface area contributed by atoms with Gasteiger partial charge >= 0.3 is 0 Å². The van der Waals surface area contributed by atoms with E-state index in [1.165, 1.54) is 34.4 Å². The lowest BCUT2D eigenvalue weighted by Gasteiger charge is -2.38. The van der Waals surface area contributed by atoms with Gasteiger partial charge in [0.1, 0.15) is 6.54 Å². The SMILES string of the molecule is CCCCCc1ccc(C(=O)N(CCCOC)CC(=O)N2CCc3sccc3C2c2ccccc2C)cc1. The summed E-state index contributed by atoms with van der Waals surface area (Å²) in [5.74, 6) is -0.118. The first-order chi connectivity index (χ1) is 18.5. The van der Waals surface area contributed by atoms with Crippen LogP contribution in [0.4, 0.5) is 0 Å². The van der Waals surface area contributed by atoms with Gasteiger partial charge < -0.3 is 14.5 Å². The van der Waals surface area contributed by atoms with E-state index in [4.69, 9.17) is 4.74 Å². The van der Waals surface area contributed by atoms with Crippen LogP contribution < -0.4 is 0 Å². The molecule has 0 aliphatic carbocycles. The molecule has 0 N–H and O–H groups in total. The molecule has 0 bridgehead atoms. The molecular weight excluding hydrogens is 492 g/mol. The van der Waals surface area contributed by atoms with Crippen molar-refractivity contribution < 1.29 is 14.3 Å². The molecule has 5 nitrogen and oxygen atoms in total. The number of carbonyl (C=O) groups excluding carboxylic acids is 2. The Labute approximate surface area is 231 Å². The number of fused-ring (bicyclic) bond motifs is 1. The normalized spacial score (nSPS) is 14.8. The van der Waals surface area contributed by atoms with Crippen molar-refractivity contribution in [3.8, 4) is 0 Å². The molecule has 1 aliphatic rings. The van der Waals surface area contributed by atoms with Crippen molar-refractivity contribution in [3.05, 3.63) is 92.7 Å². The average molecular weight is 533 g/mol. The summed E-state index contributed by atoms with van der Waals surface area (Å²) in [5.41, 5.74) is 5.40. The Hall–Kier alpha value is -2.96. The van der Waals surface area contributed by atoms with E-state index in [1.54, 1.807) is 23.3 Å². The van der Waals surface area contributed by atoms with Gasteiger partial charge in [0.15, 0.2) is 0 Å². The zero-order valence-corrected chi connectivity index (χ0v) is 23.8. The first-order valence-electron chi connectivity index (χ1n) is 13.8. The number of hydrogen-bond donors (Lipinski definition) is 0. The number of methoxy groups -OCH3 is 1. The van der Waals surface area contributed by atoms with Crippen LogP contribution in [-0.4, -0.2) is 55.0 Å². The van der Waals surface area contributed by atoms with Gasteiger partial charge in [-0.15, -0.1) is 11.3 Å². The Morgan fingerprint density at radius 2 is 1.82 bits per heavy atom. The van der Waals surface area contributed by atoms with Gasteiger partial charge in [0.05, 0.1) is 6.04 Å². The van der Waals surface area contributed by atoms with Crippen LogP contribution in [-0.2, 0) is 22.4 Å². The van der Waals surface area contributed by atoms with Crippen LogP contribution in [0.5, 0.6) is 0 Å². The van der Waals surface area contributed by atoms with Crippen LogP contribution in [0.3, 0.4) is 0 Å². The quantitative estimate of drug-likeness (QED) is 0.252. The Bertz CT molecular complexity index is 1200. The largest absolute Gasteiger partial charge is 0.385 e. The molecule has 2 aromatic carbocycles. The van der Waals surface area contributed by atoms with E-state index in [-0.39, 0.29) is 24.4 Å². The molecule has 202 valence electrons. The van der Waals surface area contributed by atoms with Gasteiger partial charge in [-0.1, -0.05) is 56.2 Å². The Morgan fingerprint density at radius 3 is 2.55 bits per heavy atom. The smallest absolute Gasteiger partial charge is 0.254 e. The minimum atomic E-state index is -0.128. The molecular formula is C32H40N2O3S. The molecule has 0 fully saturated rings. The molecule has 0 radical (unpaired) electrons. The maximum absolute atomic E-state index is 13.9. The van der Waals surface area contributed by atoms with Crippen molar-refractivity contribution in [2.75, 3.05) is 33.4 Å². The van der Waals surface area contributed by atoms with Crippen molar-refractivity contribution in [1.82, 2.24) is 9.80 Å². The number of carbonyl (C=O) groups is 2. The lowest BCUT2D eigenvalue weighted by molar-refractivity contribution is -0.134. The summed E-state index contributed by atoms with van der Waals surface area (Å²) in [6.45, 7) is 6.03. The van der Waals surface area contributed by atoms with Crippen LogP contribution in [0.25, 0.3) is 0 Å². The monoisotopic (exact) mass is 532 g/mol. The third-order valence-electron chi connectivity index (χ3n) is 7.43. The van der Waals surface area contributed by atoms with E-state index in [9.17, 15) is 9.59 Å². The third-order valence-corrected chi connectivity index (χ3v) is 8.43. The zero-order chi connectivity index (χ0) is 26.9. The van der Waals surface area contributed by atoms with Gasteiger partial charge in [0, 0.05) is 37.2 Å². The average Bonchev–Trinajstić information content (AvgIpc) is 3.42. The van der Waals surface area contributed by atoms with Gasteiger partial charge in [-0.2, -0.15) is 0 Å². The van der Waals surface area contributed by atoms with Gasteiger partial charge in [-0.05, 0) is 78.4 Å². The highest BCUT2D eigenvalue weighted by Crippen LogP contribution is 2.39. The molecule has 0 spiro atoms. The van der Waals surface area contributed by atoms with Crippen LogP contribution >= 0.6 is 11.3 Å². The zero-order valence-electron chi connectivity index (χ0n) is 22.9. The lowest BCUT2D eigenvalue weighted by atomic mass is 9.90. The molecule has 3 aromatic rings. The summed E-state index contributed by atoms with van der Waals surface area (Å²) in [7, 11) is 1.66. The van der Waals surface area contributed by atoms with Gasteiger partial charge in [0.2, 0.25) is 5.91 Å². The maximum atomic E-state index is 13.9. The molecule has 0 saturated carbocycles. The fraction of sp³-hybridized carbons (Fsp3) is 0.438. The van der Waals surface area contributed by atoms with Crippen LogP contribution in [0.1, 0.15) is 76.1 Å². The number of hydrogen-bond acceptors (Lipinski definition) is 4. The van der Waals surface area contributed by atoms with Crippen molar-refractivity contribution in [2.45, 2.75) is 58.4 Å². The van der Waals surface area contributed by atoms with Crippen LogP contribution in [0.15, 0.2) is 60.0 Å². The number of thiophene rings is 1. The van der Waals surface area contributed by atoms with Gasteiger partial charge in [-0.25, -0.2) is 0 Å². The summed E-state index contributed by atoms with van der Waals surface area (Å²) in [4.78, 5) is 32.5. The fourth-order valence-electron chi connectivity index (χ4n) is 5.30. The van der Waals surface area contributed by atoms with E-state index in [2.05, 4.69) is 49.6 Å². The highest BCUT2D eigenvalue weighted by molar-refractivity contribution is 7.10. The summed E-state index contributed by atoms with van der Waals surface area (Å²) in [6.07, 6.45) is 6.11. The lowest BCUT2D eigenvalue weighted by Crippen LogP contribution is -2.47. The van der Waals surface area contributed by atoms with E-state index < -0.39 is 0 Å². The highest BCUT2D eigenvalue weighted by Gasteiger charge is 2.34. The molecule has 2 amide bonds. The highest BCUT2D eigenvalue weighted by atomic mass is 32.1. The molecule has 1 aliphatic heterocycles. The summed E-state index contributed by atoms with van der Waals surface area (Å²) < 4.78 is 5.25. The summed E-state index contributed by atoms with van der Waals surface area (Å²) in [5, 5.41) is 2.12. The second-order valence-corrected chi connectivity index (χ2v) is 11.1. The first kappa shape index (κ1) is 28.1. The second kappa shape index (κ2) is 13.7. The van der Waals surface area contributed by atoms with E-state index >= 15 is 0 Å². The van der Waals surface area contributed by atoms with Gasteiger partial charge in [-0.3, -0.25) is 9.59 Å². The molecule has 6 heteroatoms. The van der Waals surface area contributed by atoms with Gasteiger partial charge in [0.25, 0.3) is 5.91 Å². The number of benzene rings is 2. The van der Waals surface area contributed by atoms with E-state index in [1.807, 2.05) is 29.2 Å². The molecule has 4 rings (SSSR count). The van der Waals surface area contributed by atoms with Crippen LogP contribution in [0.2, 0.25) is 0 Å². The predicted molar refractivity (Wildman–Crippen MR) is 155 cm³/mol. The Morgan fingerprint density at radius 1 is 1.03 bits per heavy atom. The minimum absolute atomic E-state index is 0.0166. The standard InChI is InChI=1S/C32H40N2O3S/c1-4-5-6-11-25-13-15-26(16-14-25)32(36)33(19-9-21-37-3)23-30(35)34-20-17-29-28(18-22-38-29)31(34)27-12-8-7-10-24(27)2/h7-8,10,12-16,18,22,31H,4-6,9,11,17,19-21,23H2,1-3H3. The summed E-state index contributed by atoms with van der Waals surface area (Å²) >= 11 is 1.76. The van der Waals surface area contributed by atoms with Crippen molar-refractivity contribution in [3.63, 3.8) is 0 Å².